The minimum absolute atomic E-state index is 0.0199. The van der Waals surface area contributed by atoms with Gasteiger partial charge >= 0.3 is 0 Å². The zero-order valence-electron chi connectivity index (χ0n) is 10.2. The van der Waals surface area contributed by atoms with Gasteiger partial charge in [-0.1, -0.05) is 48.5 Å². The molecule has 3 aromatic carbocycles. The molecule has 0 aliphatic rings. The number of nitrogens with zero attached hydrogens (tertiary/aromatic N) is 1. The number of phenolic OH excluding ortho intramolecular Hbond substituents is 1. The van der Waals surface area contributed by atoms with E-state index in [9.17, 15) is 5.11 Å². The fourth-order valence-electron chi connectivity index (χ4n) is 2.27. The summed E-state index contributed by atoms with van der Waals surface area (Å²) in [7, 11) is 0. The number of benzene rings is 3. The van der Waals surface area contributed by atoms with Crippen molar-refractivity contribution in [2.45, 2.75) is 0 Å². The van der Waals surface area contributed by atoms with Crippen molar-refractivity contribution in [2.75, 3.05) is 0 Å². The first-order valence-corrected chi connectivity index (χ1v) is 6.01. The Labute approximate surface area is 111 Å². The van der Waals surface area contributed by atoms with Crippen LogP contribution in [0, 0.1) is 11.3 Å². The van der Waals surface area contributed by atoms with Gasteiger partial charge in [-0.05, 0) is 34.0 Å². The molecule has 2 nitrogen and oxygen atoms in total. The maximum Gasteiger partial charge on any atom is 0.133 e. The maximum absolute atomic E-state index is 9.57. The average molecular weight is 245 g/mol. The molecule has 0 saturated heterocycles. The average Bonchev–Trinajstić information content (AvgIpc) is 2.47. The van der Waals surface area contributed by atoms with Gasteiger partial charge in [-0.25, -0.2) is 0 Å². The molecular weight excluding hydrogens is 234 g/mol. The van der Waals surface area contributed by atoms with Gasteiger partial charge in [0.2, 0.25) is 0 Å². The molecule has 0 aromatic heterocycles. The van der Waals surface area contributed by atoms with Crippen molar-refractivity contribution >= 4 is 10.8 Å². The van der Waals surface area contributed by atoms with Crippen molar-refractivity contribution in [2.24, 2.45) is 0 Å². The summed E-state index contributed by atoms with van der Waals surface area (Å²) in [5.74, 6) is 0.0199. The zero-order valence-corrected chi connectivity index (χ0v) is 10.2. The van der Waals surface area contributed by atoms with E-state index < -0.39 is 0 Å². The van der Waals surface area contributed by atoms with Crippen LogP contribution in [0.4, 0.5) is 0 Å². The second-order valence-electron chi connectivity index (χ2n) is 4.37. The fourth-order valence-corrected chi connectivity index (χ4v) is 2.27. The lowest BCUT2D eigenvalue weighted by Gasteiger charge is -2.07. The van der Waals surface area contributed by atoms with E-state index in [-0.39, 0.29) is 5.75 Å². The summed E-state index contributed by atoms with van der Waals surface area (Å²) >= 11 is 0. The van der Waals surface area contributed by atoms with Gasteiger partial charge in [-0.15, -0.1) is 0 Å². The van der Waals surface area contributed by atoms with Gasteiger partial charge in [0.05, 0.1) is 5.56 Å². The molecule has 0 unspecified atom stereocenters. The van der Waals surface area contributed by atoms with Gasteiger partial charge in [0.15, 0.2) is 0 Å². The van der Waals surface area contributed by atoms with E-state index in [0.29, 0.717) is 5.56 Å². The molecule has 0 bridgehead atoms. The van der Waals surface area contributed by atoms with Gasteiger partial charge < -0.3 is 5.11 Å². The number of nitriles is 1. The molecule has 1 N–H and O–H groups in total. The summed E-state index contributed by atoms with van der Waals surface area (Å²) < 4.78 is 0. The Kier molecular flexibility index (Phi) is 2.66. The van der Waals surface area contributed by atoms with Crippen LogP contribution in [0.25, 0.3) is 21.9 Å². The number of aromatic hydroxyl groups is 1. The Morgan fingerprint density at radius 2 is 1.68 bits per heavy atom. The predicted octanol–water partition coefficient (Wildman–Crippen LogP) is 4.08. The summed E-state index contributed by atoms with van der Waals surface area (Å²) in [5.41, 5.74) is 2.30. The first-order valence-electron chi connectivity index (χ1n) is 6.01. The van der Waals surface area contributed by atoms with Crippen molar-refractivity contribution in [1.82, 2.24) is 0 Å². The molecule has 0 spiro atoms. The normalized spacial score (nSPS) is 10.3. The van der Waals surface area contributed by atoms with Crippen LogP contribution < -0.4 is 0 Å². The lowest BCUT2D eigenvalue weighted by atomic mass is 9.97. The van der Waals surface area contributed by atoms with Crippen LogP contribution in [0.1, 0.15) is 5.56 Å². The highest BCUT2D eigenvalue weighted by atomic mass is 16.3. The summed E-state index contributed by atoms with van der Waals surface area (Å²) in [4.78, 5) is 0. The summed E-state index contributed by atoms with van der Waals surface area (Å²) in [6.45, 7) is 0. The second-order valence-corrected chi connectivity index (χ2v) is 4.37. The second kappa shape index (κ2) is 4.47. The topological polar surface area (TPSA) is 44.0 Å². The van der Waals surface area contributed by atoms with Crippen molar-refractivity contribution in [1.29, 1.82) is 5.26 Å². The molecule has 90 valence electrons. The molecule has 0 aliphatic carbocycles. The standard InChI is InChI=1S/C17H11NO/c18-11-14-10-13(8-9-17(14)19)16-7-3-5-12-4-1-2-6-15(12)16/h1-10,19H. The van der Waals surface area contributed by atoms with Crippen LogP contribution in [0.15, 0.2) is 60.7 Å². The first-order chi connectivity index (χ1) is 9.29. The molecular formula is C17H11NO. The third-order valence-corrected chi connectivity index (χ3v) is 3.22. The Hall–Kier alpha value is -2.79. The highest BCUT2D eigenvalue weighted by Gasteiger charge is 2.06. The fraction of sp³-hybridized carbons (Fsp3) is 0. The van der Waals surface area contributed by atoms with Crippen LogP contribution in [0.3, 0.4) is 0 Å². The molecule has 0 atom stereocenters. The predicted molar refractivity (Wildman–Crippen MR) is 75.8 cm³/mol. The van der Waals surface area contributed by atoms with Gasteiger partial charge in [-0.2, -0.15) is 5.26 Å². The van der Waals surface area contributed by atoms with Gasteiger partial charge in [0.1, 0.15) is 11.8 Å². The SMILES string of the molecule is N#Cc1cc(-c2cccc3ccccc23)ccc1O. The molecule has 0 amide bonds. The van der Waals surface area contributed by atoms with Gasteiger partial charge in [0, 0.05) is 0 Å². The third kappa shape index (κ3) is 1.92. The Bertz CT molecular complexity index is 794. The van der Waals surface area contributed by atoms with Crippen LogP contribution in [-0.2, 0) is 0 Å². The van der Waals surface area contributed by atoms with Crippen LogP contribution in [0.5, 0.6) is 5.75 Å². The quantitative estimate of drug-likeness (QED) is 0.701. The van der Waals surface area contributed by atoms with E-state index in [1.807, 2.05) is 36.4 Å². The summed E-state index contributed by atoms with van der Waals surface area (Å²) in [6.07, 6.45) is 0. The molecule has 2 heteroatoms. The largest absolute Gasteiger partial charge is 0.507 e. The highest BCUT2D eigenvalue weighted by molar-refractivity contribution is 5.96. The lowest BCUT2D eigenvalue weighted by Crippen LogP contribution is -1.83. The van der Waals surface area contributed by atoms with Crippen molar-refractivity contribution in [3.05, 3.63) is 66.2 Å². The summed E-state index contributed by atoms with van der Waals surface area (Å²) in [6, 6.07) is 21.3. The van der Waals surface area contributed by atoms with Gasteiger partial charge in [0.25, 0.3) is 0 Å². The summed E-state index contributed by atoms with van der Waals surface area (Å²) in [5, 5.41) is 20.9. The maximum atomic E-state index is 9.57. The minimum atomic E-state index is 0.0199. The number of rotatable bonds is 1. The molecule has 0 fully saturated rings. The molecule has 3 aromatic rings. The molecule has 0 radical (unpaired) electrons. The van der Waals surface area contributed by atoms with E-state index in [1.54, 1.807) is 12.1 Å². The first kappa shape index (κ1) is 11.3. The smallest absolute Gasteiger partial charge is 0.133 e. The van der Waals surface area contributed by atoms with Gasteiger partial charge in [-0.3, -0.25) is 0 Å². The van der Waals surface area contributed by atoms with E-state index in [4.69, 9.17) is 5.26 Å². The monoisotopic (exact) mass is 245 g/mol. The van der Waals surface area contributed by atoms with Crippen LogP contribution >= 0.6 is 0 Å². The number of hydrogen-bond acceptors (Lipinski definition) is 2. The number of phenols is 1. The minimum Gasteiger partial charge on any atom is -0.507 e. The number of fused-ring (bicyclic) bond motifs is 1. The van der Waals surface area contributed by atoms with Crippen LogP contribution in [-0.4, -0.2) is 5.11 Å². The zero-order chi connectivity index (χ0) is 13.2. The van der Waals surface area contributed by atoms with E-state index >= 15 is 0 Å². The van der Waals surface area contributed by atoms with Crippen molar-refractivity contribution in [3.8, 4) is 22.9 Å². The van der Waals surface area contributed by atoms with E-state index in [2.05, 4.69) is 18.2 Å². The van der Waals surface area contributed by atoms with E-state index in [0.717, 1.165) is 21.9 Å². The number of hydrogen-bond donors (Lipinski definition) is 1. The van der Waals surface area contributed by atoms with E-state index in [1.165, 1.54) is 0 Å². The molecule has 0 saturated carbocycles. The van der Waals surface area contributed by atoms with Crippen LogP contribution in [0.2, 0.25) is 0 Å². The third-order valence-electron chi connectivity index (χ3n) is 3.22. The lowest BCUT2D eigenvalue weighted by molar-refractivity contribution is 0.473. The molecule has 0 aliphatic heterocycles. The Balaban J connectivity index is 2.28. The van der Waals surface area contributed by atoms with Crippen molar-refractivity contribution in [3.63, 3.8) is 0 Å². The van der Waals surface area contributed by atoms with Crippen molar-refractivity contribution < 1.29 is 5.11 Å². The molecule has 0 heterocycles. The Morgan fingerprint density at radius 3 is 2.53 bits per heavy atom. The Morgan fingerprint density at radius 1 is 0.895 bits per heavy atom. The molecule has 19 heavy (non-hydrogen) atoms. The highest BCUT2D eigenvalue weighted by Crippen LogP contribution is 2.31. The molecule has 3 rings (SSSR count).